The second-order valence-corrected chi connectivity index (χ2v) is 16.3. The highest BCUT2D eigenvalue weighted by Crippen LogP contribution is 2.79. The van der Waals surface area contributed by atoms with E-state index < -0.39 is 39.7 Å². The van der Waals surface area contributed by atoms with Crippen LogP contribution in [-0.4, -0.2) is 46.7 Å². The molecule has 1 aromatic carbocycles. The molecule has 0 radical (unpaired) electrons. The van der Waals surface area contributed by atoms with E-state index in [9.17, 15) is 27.9 Å². The van der Waals surface area contributed by atoms with E-state index in [0.29, 0.717) is 37.9 Å². The number of carbonyl (C=O) groups is 2. The third-order valence-corrected chi connectivity index (χ3v) is 14.5. The van der Waals surface area contributed by atoms with Crippen LogP contribution in [0.5, 0.6) is 0 Å². The van der Waals surface area contributed by atoms with Crippen molar-refractivity contribution in [3.8, 4) is 0 Å². The van der Waals surface area contributed by atoms with Gasteiger partial charge in [-0.2, -0.15) is 13.2 Å². The van der Waals surface area contributed by atoms with Crippen LogP contribution in [0.1, 0.15) is 79.6 Å². The summed E-state index contributed by atoms with van der Waals surface area (Å²) in [5.41, 5.74) is -2.84. The lowest BCUT2D eigenvalue weighted by molar-refractivity contribution is -0.164. The minimum atomic E-state index is -4.56. The Morgan fingerprint density at radius 1 is 1.04 bits per heavy atom. The Morgan fingerprint density at radius 3 is 2.57 bits per heavy atom. The second kappa shape index (κ2) is 9.82. The average Bonchev–Trinajstić information content (AvgIpc) is 3.73. The molecule has 2 bridgehead atoms. The number of amides is 1. The van der Waals surface area contributed by atoms with Gasteiger partial charge in [-0.25, -0.2) is 4.79 Å². The van der Waals surface area contributed by atoms with Crippen LogP contribution in [0, 0.1) is 33.5 Å². The second-order valence-electron chi connectivity index (χ2n) is 15.3. The van der Waals surface area contributed by atoms with E-state index in [0.717, 1.165) is 44.2 Å². The Morgan fingerprint density at radius 2 is 1.80 bits per heavy atom. The first kappa shape index (κ1) is 30.4. The highest BCUT2D eigenvalue weighted by molar-refractivity contribution is 7.09. The van der Waals surface area contributed by atoms with Crippen molar-refractivity contribution >= 4 is 23.2 Å². The summed E-state index contributed by atoms with van der Waals surface area (Å²) >= 11 is 1.68. The normalized spacial score (nSPS) is 40.8. The number of Topliss-reactive ketones (excluding diaryl/α,β-unsaturated/α-hetero) is 1. The molecule has 6 aliphatic carbocycles. The zero-order chi connectivity index (χ0) is 32.3. The number of carbonyl (C=O) groups excluding carboxylic acids is 2. The molecular formula is C37H40F3NO4S. The van der Waals surface area contributed by atoms with Crippen molar-refractivity contribution in [2.24, 2.45) is 33.5 Å². The number of aliphatic hydroxyl groups excluding tert-OH is 1. The molecular weight excluding hydrogens is 611 g/mol. The van der Waals surface area contributed by atoms with Gasteiger partial charge in [-0.3, -0.25) is 4.79 Å². The third-order valence-electron chi connectivity index (χ3n) is 13.6. The molecule has 7 aliphatic rings. The van der Waals surface area contributed by atoms with Crippen LogP contribution in [0.15, 0.2) is 65.6 Å². The fraction of sp³-hybridized carbons (Fsp3) is 0.568. The number of halogens is 3. The van der Waals surface area contributed by atoms with Crippen LogP contribution in [-0.2, 0) is 17.3 Å². The number of fused-ring (bicyclic) bond motifs is 2. The minimum Gasteiger partial charge on any atom is -0.440 e. The number of benzene rings is 1. The SMILES string of the molecule is C[C@]12CC[C@H]3[C@]4(C=C[C@@]5(C=C4C(=O)c4cccc(C(F)(F)F)c4)C[C@@H](O)CC[C@]35C)[C@@H]1CC[C@@]21CN(CCc2cccs2)C(=O)O1. The predicted octanol–water partition coefficient (Wildman–Crippen LogP) is 8.24. The van der Waals surface area contributed by atoms with Crippen molar-refractivity contribution in [2.45, 2.75) is 83.1 Å². The number of hydrogen-bond acceptors (Lipinski definition) is 5. The van der Waals surface area contributed by atoms with Crippen molar-refractivity contribution in [1.29, 1.82) is 0 Å². The summed E-state index contributed by atoms with van der Waals surface area (Å²) in [6.07, 6.45) is 6.97. The smallest absolute Gasteiger partial charge is 0.416 e. The van der Waals surface area contributed by atoms with Crippen molar-refractivity contribution in [1.82, 2.24) is 4.90 Å². The molecule has 5 nitrogen and oxygen atoms in total. The molecule has 1 N–H and O–H groups in total. The van der Waals surface area contributed by atoms with E-state index in [1.165, 1.54) is 17.0 Å². The maximum Gasteiger partial charge on any atom is 0.416 e. The summed E-state index contributed by atoms with van der Waals surface area (Å²) in [4.78, 5) is 31.1. The van der Waals surface area contributed by atoms with Crippen LogP contribution in [0.3, 0.4) is 0 Å². The highest BCUT2D eigenvalue weighted by atomic mass is 32.1. The molecule has 3 saturated carbocycles. The predicted molar refractivity (Wildman–Crippen MR) is 168 cm³/mol. The average molecular weight is 652 g/mol. The number of ether oxygens (including phenoxy) is 1. The number of alkyl halides is 3. The Balaban J connectivity index is 1.22. The van der Waals surface area contributed by atoms with Crippen molar-refractivity contribution < 1.29 is 32.6 Å². The van der Waals surface area contributed by atoms with Crippen molar-refractivity contribution in [2.75, 3.05) is 13.1 Å². The maximum atomic E-state index is 14.7. The number of ketones is 1. The Hall–Kier alpha value is -2.91. The van der Waals surface area contributed by atoms with Gasteiger partial charge in [-0.1, -0.05) is 50.3 Å². The van der Waals surface area contributed by atoms with Crippen molar-refractivity contribution in [3.63, 3.8) is 0 Å². The van der Waals surface area contributed by atoms with Gasteiger partial charge in [0.2, 0.25) is 0 Å². The fourth-order valence-corrected chi connectivity index (χ4v) is 11.9. The first-order chi connectivity index (χ1) is 21.8. The molecule has 2 heterocycles. The van der Waals surface area contributed by atoms with Gasteiger partial charge < -0.3 is 14.7 Å². The number of allylic oxidation sites excluding steroid dienone is 4. The summed E-state index contributed by atoms with van der Waals surface area (Å²) < 4.78 is 47.8. The molecule has 46 heavy (non-hydrogen) atoms. The quantitative estimate of drug-likeness (QED) is 0.261. The van der Waals surface area contributed by atoms with E-state index in [-0.39, 0.29) is 34.7 Å². The molecule has 1 amide bonds. The van der Waals surface area contributed by atoms with E-state index >= 15 is 0 Å². The van der Waals surface area contributed by atoms with Gasteiger partial charge in [-0.05, 0) is 92.2 Å². The molecule has 1 aliphatic heterocycles. The van der Waals surface area contributed by atoms with Gasteiger partial charge in [0.15, 0.2) is 5.78 Å². The van der Waals surface area contributed by atoms with Crippen LogP contribution < -0.4 is 0 Å². The topological polar surface area (TPSA) is 66.8 Å². The van der Waals surface area contributed by atoms with E-state index in [1.807, 2.05) is 16.3 Å². The Labute approximate surface area is 271 Å². The van der Waals surface area contributed by atoms with Gasteiger partial charge in [0.05, 0.1) is 18.2 Å². The molecule has 1 saturated heterocycles. The van der Waals surface area contributed by atoms with Gasteiger partial charge in [-0.15, -0.1) is 11.3 Å². The zero-order valence-corrected chi connectivity index (χ0v) is 27.1. The Kier molecular flexibility index (Phi) is 6.49. The summed E-state index contributed by atoms with van der Waals surface area (Å²) in [6.45, 7) is 5.62. The standard InChI is InChI=1S/C37H40F3NO4S/c1-32-12-8-25(42)20-34(32)15-16-36(27(21-34)30(43)23-5-3-6-24(19-23)37(38,39)40)28(32)9-13-33(2)29(36)10-14-35(33)22-41(31(44)45-35)17-11-26-7-4-18-46-26/h3-7,15-16,18-19,21,25,28-29,42H,8-14,17,20,22H2,1-2H3/t25-,28+,29+,32+,33-,34-,35+,36+/m0/s1. The lowest BCUT2D eigenvalue weighted by Gasteiger charge is -2.71. The molecule has 1 aromatic heterocycles. The lowest BCUT2D eigenvalue weighted by Crippen LogP contribution is -2.67. The van der Waals surface area contributed by atoms with E-state index in [4.69, 9.17) is 4.74 Å². The molecule has 4 fully saturated rings. The number of hydrogen-bond donors (Lipinski definition) is 1. The number of rotatable bonds is 5. The summed E-state index contributed by atoms with van der Waals surface area (Å²) in [5.74, 6) is -0.330. The van der Waals surface area contributed by atoms with E-state index in [1.54, 1.807) is 11.3 Å². The van der Waals surface area contributed by atoms with Crippen LogP contribution >= 0.6 is 11.3 Å². The minimum absolute atomic E-state index is 0.0386. The highest BCUT2D eigenvalue weighted by Gasteiger charge is 2.76. The van der Waals surface area contributed by atoms with Crippen LogP contribution in [0.2, 0.25) is 0 Å². The Bertz CT molecular complexity index is 1670. The summed E-state index contributed by atoms with van der Waals surface area (Å²) in [6, 6.07) is 8.88. The first-order valence-electron chi connectivity index (χ1n) is 16.6. The number of aliphatic hydroxyl groups is 1. The van der Waals surface area contributed by atoms with Gasteiger partial charge in [0, 0.05) is 38.8 Å². The monoisotopic (exact) mass is 651 g/mol. The zero-order valence-electron chi connectivity index (χ0n) is 26.2. The van der Waals surface area contributed by atoms with Crippen molar-refractivity contribution in [3.05, 3.63) is 81.6 Å². The van der Waals surface area contributed by atoms with Gasteiger partial charge in [0.25, 0.3) is 0 Å². The molecule has 244 valence electrons. The summed E-state index contributed by atoms with van der Waals surface area (Å²) in [5, 5.41) is 12.9. The largest absolute Gasteiger partial charge is 0.440 e. The summed E-state index contributed by atoms with van der Waals surface area (Å²) in [7, 11) is 0. The number of nitrogens with zero attached hydrogens (tertiary/aromatic N) is 1. The van der Waals surface area contributed by atoms with Gasteiger partial charge >= 0.3 is 12.3 Å². The lowest BCUT2D eigenvalue weighted by atomic mass is 9.32. The van der Waals surface area contributed by atoms with Crippen LogP contribution in [0.4, 0.5) is 18.0 Å². The van der Waals surface area contributed by atoms with Gasteiger partial charge in [0.1, 0.15) is 5.60 Å². The third kappa shape index (κ3) is 3.90. The fourth-order valence-electron chi connectivity index (χ4n) is 11.2. The first-order valence-corrected chi connectivity index (χ1v) is 17.5. The molecule has 9 heteroatoms. The van der Waals surface area contributed by atoms with E-state index in [2.05, 4.69) is 38.1 Å². The molecule has 3 spiro atoms. The maximum absolute atomic E-state index is 14.7. The molecule has 9 rings (SSSR count). The molecule has 0 unspecified atom stereocenters. The molecule has 8 atom stereocenters. The van der Waals surface area contributed by atoms with Crippen LogP contribution in [0.25, 0.3) is 0 Å². The molecule has 2 aromatic rings. The number of thiophene rings is 1.